The number of hydrogen-bond donors (Lipinski definition) is 2. The lowest BCUT2D eigenvalue weighted by Crippen LogP contribution is -2.30. The molecule has 0 atom stereocenters. The Hall–Kier alpha value is -0.950. The molecule has 2 aromatic carbocycles. The fraction of sp³-hybridized carbons (Fsp3) is 0.400. The van der Waals surface area contributed by atoms with Gasteiger partial charge in [0.2, 0.25) is 0 Å². The maximum absolute atomic E-state index is 9.08. The minimum absolute atomic E-state index is 0.00257. The van der Waals surface area contributed by atoms with Crippen LogP contribution in [0.15, 0.2) is 33.2 Å². The van der Waals surface area contributed by atoms with Gasteiger partial charge in [0.05, 0.1) is 22.2 Å². The van der Waals surface area contributed by atoms with Crippen molar-refractivity contribution in [1.82, 2.24) is 0 Å². The van der Waals surface area contributed by atoms with E-state index in [1.807, 2.05) is 7.85 Å². The van der Waals surface area contributed by atoms with Crippen LogP contribution in [0, 0.1) is 0 Å². The number of rotatable bonds is 9. The Morgan fingerprint density at radius 2 is 1.43 bits per heavy atom. The lowest BCUT2D eigenvalue weighted by Gasteiger charge is -2.29. The smallest absolute Gasteiger partial charge is 0.159 e. The predicted octanol–water partition coefficient (Wildman–Crippen LogP) is 1.65. The summed E-state index contributed by atoms with van der Waals surface area (Å²) in [4.78, 5) is 0. The number of benzene rings is 2. The highest BCUT2D eigenvalue weighted by Crippen LogP contribution is 2.40. The van der Waals surface area contributed by atoms with Crippen LogP contribution in [-0.2, 0) is 5.41 Å². The minimum Gasteiger partial charge on any atom is -0.492 e. The molecule has 2 N–H and O–H groups in total. The van der Waals surface area contributed by atoms with Crippen molar-refractivity contribution in [1.29, 1.82) is 0 Å². The summed E-state index contributed by atoms with van der Waals surface area (Å²) >= 11 is 7.19. The average molecular weight is 512 g/mol. The highest BCUT2D eigenvalue weighted by Gasteiger charge is 2.27. The van der Waals surface area contributed by atoms with Crippen LogP contribution in [0.3, 0.4) is 0 Å². The Balaban J connectivity index is 2.48. The zero-order valence-corrected chi connectivity index (χ0v) is 20.0. The summed E-state index contributed by atoms with van der Waals surface area (Å²) in [6, 6.07) is 8.48. The number of halogens is 2. The average Bonchev–Trinajstić information content (AvgIpc) is 2.65. The van der Waals surface area contributed by atoms with E-state index in [0.29, 0.717) is 12.4 Å². The van der Waals surface area contributed by atoms with E-state index in [1.165, 1.54) is 5.56 Å². The van der Waals surface area contributed by atoms with Gasteiger partial charge in [0, 0.05) is 5.41 Å². The van der Waals surface area contributed by atoms with E-state index in [2.05, 4.69) is 76.8 Å². The van der Waals surface area contributed by atoms with Gasteiger partial charge in [-0.05, 0) is 66.0 Å². The van der Waals surface area contributed by atoms with E-state index in [9.17, 15) is 0 Å². The van der Waals surface area contributed by atoms with E-state index < -0.39 is 0 Å². The second-order valence-corrected chi connectivity index (χ2v) is 8.88. The van der Waals surface area contributed by atoms with Gasteiger partial charge in [0.1, 0.15) is 32.6 Å². The molecule has 8 heteroatoms. The van der Waals surface area contributed by atoms with Crippen molar-refractivity contribution >= 4 is 57.9 Å². The van der Waals surface area contributed by atoms with E-state index in [4.69, 9.17) is 19.7 Å². The van der Waals surface area contributed by atoms with Crippen LogP contribution in [0.25, 0.3) is 0 Å². The van der Waals surface area contributed by atoms with Crippen molar-refractivity contribution < 1.29 is 19.7 Å². The molecule has 0 spiro atoms. The molecular formula is C20H26B2Br2O4. The summed E-state index contributed by atoms with van der Waals surface area (Å²) in [6.07, 6.45) is 0. The number of aliphatic hydroxyl groups is 2. The van der Waals surface area contributed by atoms with Gasteiger partial charge >= 0.3 is 0 Å². The summed E-state index contributed by atoms with van der Waals surface area (Å²) in [5.41, 5.74) is 4.29. The van der Waals surface area contributed by atoms with Gasteiger partial charge in [0.15, 0.2) is 7.28 Å². The SMILES string of the molecule is Bc1cc(C(C)(C)c2cc(Br)c(OCCO)c(Br)c2)cc(BC)c1OCCO. The maximum atomic E-state index is 9.08. The molecule has 2 rings (SSSR count). The molecular weight excluding hydrogens is 486 g/mol. The molecule has 0 saturated carbocycles. The van der Waals surface area contributed by atoms with Crippen molar-refractivity contribution in [2.75, 3.05) is 26.4 Å². The Labute approximate surface area is 185 Å². The molecule has 0 aliphatic heterocycles. The van der Waals surface area contributed by atoms with Crippen LogP contribution in [0.1, 0.15) is 25.0 Å². The first-order chi connectivity index (χ1) is 13.3. The van der Waals surface area contributed by atoms with Gasteiger partial charge in [0.25, 0.3) is 0 Å². The van der Waals surface area contributed by atoms with Crippen molar-refractivity contribution in [3.63, 3.8) is 0 Å². The van der Waals surface area contributed by atoms with Gasteiger partial charge in [-0.1, -0.05) is 32.8 Å². The first-order valence-electron chi connectivity index (χ1n) is 9.37. The van der Waals surface area contributed by atoms with Crippen LogP contribution >= 0.6 is 31.9 Å². The fourth-order valence-electron chi connectivity index (χ4n) is 3.20. The summed E-state index contributed by atoms with van der Waals surface area (Å²) in [6.45, 7) is 7.01. The number of ether oxygens (including phenoxy) is 2. The minimum atomic E-state index is -0.245. The molecule has 0 aromatic heterocycles. The van der Waals surface area contributed by atoms with Gasteiger partial charge in [-0.15, -0.1) is 0 Å². The molecule has 0 saturated heterocycles. The van der Waals surface area contributed by atoms with Crippen molar-refractivity contribution in [2.24, 2.45) is 0 Å². The van der Waals surface area contributed by atoms with Crippen LogP contribution in [0.2, 0.25) is 6.82 Å². The molecule has 0 heterocycles. The lowest BCUT2D eigenvalue weighted by atomic mass is 9.67. The molecule has 0 radical (unpaired) electrons. The molecule has 0 aliphatic carbocycles. The number of hydrogen-bond acceptors (Lipinski definition) is 4. The fourth-order valence-corrected chi connectivity index (χ4v) is 4.61. The first-order valence-corrected chi connectivity index (χ1v) is 11.0. The normalized spacial score (nSPS) is 11.4. The molecule has 150 valence electrons. The van der Waals surface area contributed by atoms with Gasteiger partial charge < -0.3 is 19.7 Å². The van der Waals surface area contributed by atoms with Gasteiger partial charge in [-0.2, -0.15) is 0 Å². The van der Waals surface area contributed by atoms with E-state index in [-0.39, 0.29) is 25.2 Å². The largest absolute Gasteiger partial charge is 0.492 e. The zero-order chi connectivity index (χ0) is 20.9. The monoisotopic (exact) mass is 510 g/mol. The van der Waals surface area contributed by atoms with Crippen LogP contribution < -0.4 is 20.4 Å². The highest BCUT2D eigenvalue weighted by molar-refractivity contribution is 9.11. The summed E-state index contributed by atoms with van der Waals surface area (Å²) in [5.74, 6) is 1.55. The van der Waals surface area contributed by atoms with E-state index in [1.54, 1.807) is 0 Å². The van der Waals surface area contributed by atoms with Gasteiger partial charge in [-0.25, -0.2) is 0 Å². The second kappa shape index (κ2) is 10.2. The molecule has 4 nitrogen and oxygen atoms in total. The van der Waals surface area contributed by atoms with E-state index in [0.717, 1.165) is 38.5 Å². The highest BCUT2D eigenvalue weighted by atomic mass is 79.9. The molecule has 0 bridgehead atoms. The lowest BCUT2D eigenvalue weighted by molar-refractivity contribution is 0.200. The Morgan fingerprint density at radius 3 is 1.93 bits per heavy atom. The second-order valence-electron chi connectivity index (χ2n) is 7.17. The summed E-state index contributed by atoms with van der Waals surface area (Å²) < 4.78 is 13.1. The van der Waals surface area contributed by atoms with E-state index >= 15 is 0 Å². The standard InChI is InChI=1S/C20H26B2Br2O4/c1-20(2,13-10-16(23)19(17(24)11-13)28-7-5-26)12-8-14(21)18(27-6-4-25)15(9-12)22-3/h8-11,22,25-26H,4-7,21H2,1-3H3. The van der Waals surface area contributed by atoms with Crippen molar-refractivity contribution in [3.05, 3.63) is 44.3 Å². The molecule has 0 unspecified atom stereocenters. The van der Waals surface area contributed by atoms with Crippen LogP contribution in [0.4, 0.5) is 0 Å². The molecule has 0 amide bonds. The molecule has 2 aromatic rings. The van der Waals surface area contributed by atoms with Crippen molar-refractivity contribution in [3.8, 4) is 11.5 Å². The molecule has 0 aliphatic rings. The van der Waals surface area contributed by atoms with Crippen LogP contribution in [0.5, 0.6) is 11.5 Å². The zero-order valence-electron chi connectivity index (χ0n) is 16.8. The summed E-state index contributed by atoms with van der Waals surface area (Å²) in [7, 11) is 2.90. The third-order valence-corrected chi connectivity index (χ3v) is 6.03. The Morgan fingerprint density at radius 1 is 0.929 bits per heavy atom. The molecule has 0 fully saturated rings. The van der Waals surface area contributed by atoms with Gasteiger partial charge in [-0.3, -0.25) is 0 Å². The Kier molecular flexibility index (Phi) is 8.49. The number of aliphatic hydroxyl groups excluding tert-OH is 2. The first kappa shape index (κ1) is 23.3. The Bertz CT molecular complexity index is 805. The van der Waals surface area contributed by atoms with Crippen LogP contribution in [-0.4, -0.2) is 51.8 Å². The maximum Gasteiger partial charge on any atom is 0.159 e. The predicted molar refractivity (Wildman–Crippen MR) is 126 cm³/mol. The summed E-state index contributed by atoms with van der Waals surface area (Å²) in [5, 5.41) is 18.1. The topological polar surface area (TPSA) is 58.9 Å². The third-order valence-electron chi connectivity index (χ3n) is 4.85. The quantitative estimate of drug-likeness (QED) is 0.503. The van der Waals surface area contributed by atoms with Crippen molar-refractivity contribution in [2.45, 2.75) is 26.1 Å². The third kappa shape index (κ3) is 5.15. The molecule has 28 heavy (non-hydrogen) atoms.